The van der Waals surface area contributed by atoms with E-state index in [2.05, 4.69) is 4.72 Å². The van der Waals surface area contributed by atoms with Crippen molar-refractivity contribution in [3.63, 3.8) is 0 Å². The molecule has 126 valence electrons. The first kappa shape index (κ1) is 16.6. The quantitative estimate of drug-likeness (QED) is 0.858. The van der Waals surface area contributed by atoms with Gasteiger partial charge in [-0.15, -0.1) is 0 Å². The van der Waals surface area contributed by atoms with E-state index in [-0.39, 0.29) is 22.4 Å². The van der Waals surface area contributed by atoms with E-state index >= 15 is 0 Å². The number of rotatable bonds is 6. The normalized spacial score (nSPS) is 18.7. The van der Waals surface area contributed by atoms with E-state index in [0.29, 0.717) is 17.9 Å². The molecule has 3 rings (SSSR count). The van der Waals surface area contributed by atoms with Gasteiger partial charge in [0.15, 0.2) is 0 Å². The van der Waals surface area contributed by atoms with Crippen molar-refractivity contribution < 1.29 is 13.2 Å². The van der Waals surface area contributed by atoms with Crippen molar-refractivity contribution in [2.24, 2.45) is 0 Å². The number of fused-ring (bicyclic) bond motifs is 1. The lowest BCUT2D eigenvalue weighted by molar-refractivity contribution is 0.114. The Morgan fingerprint density at radius 2 is 2.26 bits per heavy atom. The van der Waals surface area contributed by atoms with Crippen molar-refractivity contribution in [3.05, 3.63) is 27.9 Å². The lowest BCUT2D eigenvalue weighted by Crippen LogP contribution is -2.31. The van der Waals surface area contributed by atoms with E-state index in [1.54, 1.807) is 22.8 Å². The third-order valence-corrected chi connectivity index (χ3v) is 6.29. The molecule has 0 unspecified atom stereocenters. The number of sulfonamides is 1. The summed E-state index contributed by atoms with van der Waals surface area (Å²) in [5.74, 6) is 0. The Kier molecular flexibility index (Phi) is 4.86. The molecule has 1 aliphatic rings. The molecule has 6 nitrogen and oxygen atoms in total. The summed E-state index contributed by atoms with van der Waals surface area (Å²) in [4.78, 5) is 12.1. The van der Waals surface area contributed by atoms with Crippen LogP contribution in [0.15, 0.2) is 27.9 Å². The minimum absolute atomic E-state index is 0.0461. The molecule has 8 heteroatoms. The van der Waals surface area contributed by atoms with Gasteiger partial charge in [0.2, 0.25) is 10.0 Å². The van der Waals surface area contributed by atoms with Crippen LogP contribution in [-0.2, 0) is 21.3 Å². The Balaban J connectivity index is 1.85. The summed E-state index contributed by atoms with van der Waals surface area (Å²) >= 11 is 1.08. The molecule has 23 heavy (non-hydrogen) atoms. The highest BCUT2D eigenvalue weighted by molar-refractivity contribution is 7.89. The second-order valence-electron chi connectivity index (χ2n) is 5.64. The van der Waals surface area contributed by atoms with Crippen LogP contribution in [0.5, 0.6) is 0 Å². The van der Waals surface area contributed by atoms with Gasteiger partial charge >= 0.3 is 4.87 Å². The fourth-order valence-electron chi connectivity index (χ4n) is 2.74. The predicted octanol–water partition coefficient (Wildman–Crippen LogP) is 1.93. The number of hydrogen-bond donors (Lipinski definition) is 1. The maximum absolute atomic E-state index is 12.4. The van der Waals surface area contributed by atoms with Crippen LogP contribution in [0, 0.1) is 0 Å². The lowest BCUT2D eigenvalue weighted by atomic mass is 10.2. The summed E-state index contributed by atoms with van der Waals surface area (Å²) in [7, 11) is -3.59. The fraction of sp³-hybridized carbons (Fsp3) is 0.533. The minimum Gasteiger partial charge on any atom is -0.377 e. The van der Waals surface area contributed by atoms with E-state index in [1.807, 2.05) is 6.92 Å². The first-order chi connectivity index (χ1) is 11.0. The van der Waals surface area contributed by atoms with Gasteiger partial charge in [-0.1, -0.05) is 18.3 Å². The highest BCUT2D eigenvalue weighted by atomic mass is 32.2. The summed E-state index contributed by atoms with van der Waals surface area (Å²) in [5.41, 5.74) is 0.792. The second-order valence-corrected chi connectivity index (χ2v) is 8.40. The zero-order chi connectivity index (χ0) is 16.4. The van der Waals surface area contributed by atoms with Crippen LogP contribution < -0.4 is 9.60 Å². The Hall–Kier alpha value is -1.22. The van der Waals surface area contributed by atoms with Gasteiger partial charge in [0.05, 0.1) is 21.2 Å². The first-order valence-corrected chi connectivity index (χ1v) is 10.1. The molecule has 2 aromatic rings. The molecule has 2 heterocycles. The summed E-state index contributed by atoms with van der Waals surface area (Å²) in [6.45, 7) is 3.62. The van der Waals surface area contributed by atoms with Crippen molar-refractivity contribution in [1.82, 2.24) is 9.29 Å². The molecule has 0 bridgehead atoms. The van der Waals surface area contributed by atoms with Gasteiger partial charge in [-0.25, -0.2) is 13.1 Å². The molecule has 0 amide bonds. The summed E-state index contributed by atoms with van der Waals surface area (Å²) in [6.07, 6.45) is 2.66. The topological polar surface area (TPSA) is 77.4 Å². The molecular weight excluding hydrogens is 336 g/mol. The Bertz CT molecular complexity index is 848. The van der Waals surface area contributed by atoms with Crippen molar-refractivity contribution in [2.45, 2.75) is 43.7 Å². The number of aryl methyl sites for hydroxylation is 1. The van der Waals surface area contributed by atoms with Gasteiger partial charge in [0.25, 0.3) is 0 Å². The van der Waals surface area contributed by atoms with E-state index in [1.165, 1.54) is 0 Å². The van der Waals surface area contributed by atoms with Crippen LogP contribution in [0.3, 0.4) is 0 Å². The van der Waals surface area contributed by atoms with E-state index in [4.69, 9.17) is 4.74 Å². The highest BCUT2D eigenvalue weighted by Gasteiger charge is 2.21. The predicted molar refractivity (Wildman–Crippen MR) is 90.5 cm³/mol. The van der Waals surface area contributed by atoms with Gasteiger partial charge in [0, 0.05) is 19.7 Å². The number of benzene rings is 1. The average Bonchev–Trinajstić information content (AvgIpc) is 3.14. The van der Waals surface area contributed by atoms with Crippen molar-refractivity contribution in [3.8, 4) is 0 Å². The smallest absolute Gasteiger partial charge is 0.308 e. The van der Waals surface area contributed by atoms with E-state index in [0.717, 1.165) is 36.1 Å². The number of hydrogen-bond acceptors (Lipinski definition) is 5. The number of nitrogens with zero attached hydrogens (tertiary/aromatic N) is 1. The molecule has 1 N–H and O–H groups in total. The minimum atomic E-state index is -3.59. The molecule has 0 saturated carbocycles. The third kappa shape index (κ3) is 3.50. The van der Waals surface area contributed by atoms with Gasteiger partial charge in [-0.05, 0) is 37.5 Å². The van der Waals surface area contributed by atoms with Crippen molar-refractivity contribution in [1.29, 1.82) is 0 Å². The van der Waals surface area contributed by atoms with Gasteiger partial charge < -0.3 is 4.74 Å². The zero-order valence-corrected chi connectivity index (χ0v) is 14.6. The highest BCUT2D eigenvalue weighted by Crippen LogP contribution is 2.22. The van der Waals surface area contributed by atoms with E-state index in [9.17, 15) is 13.2 Å². The van der Waals surface area contributed by atoms with Crippen molar-refractivity contribution >= 4 is 31.6 Å². The molecule has 1 aromatic carbocycles. The van der Waals surface area contributed by atoms with Gasteiger partial charge in [0.1, 0.15) is 0 Å². The molecule has 1 saturated heterocycles. The summed E-state index contributed by atoms with van der Waals surface area (Å²) in [6, 6.07) is 4.84. The van der Waals surface area contributed by atoms with E-state index < -0.39 is 10.0 Å². The summed E-state index contributed by atoms with van der Waals surface area (Å²) in [5, 5.41) is 0. The summed E-state index contributed by atoms with van der Waals surface area (Å²) < 4.78 is 35.2. The van der Waals surface area contributed by atoms with Crippen LogP contribution in [0.1, 0.15) is 26.2 Å². The first-order valence-electron chi connectivity index (χ1n) is 7.76. The molecule has 1 fully saturated rings. The Morgan fingerprint density at radius 3 is 2.96 bits per heavy atom. The van der Waals surface area contributed by atoms with Crippen LogP contribution in [0.2, 0.25) is 0 Å². The molecule has 0 radical (unpaired) electrons. The zero-order valence-electron chi connectivity index (χ0n) is 12.9. The number of ether oxygens (including phenoxy) is 1. The van der Waals surface area contributed by atoms with Crippen LogP contribution >= 0.6 is 11.3 Å². The van der Waals surface area contributed by atoms with Crippen molar-refractivity contribution in [2.75, 3.05) is 13.2 Å². The van der Waals surface area contributed by atoms with Crippen LogP contribution in [0.4, 0.5) is 0 Å². The molecule has 1 atom stereocenters. The Morgan fingerprint density at radius 1 is 1.43 bits per heavy atom. The Labute approximate surface area is 139 Å². The molecule has 1 aliphatic heterocycles. The van der Waals surface area contributed by atoms with Crippen LogP contribution in [0.25, 0.3) is 10.2 Å². The largest absolute Gasteiger partial charge is 0.377 e. The number of nitrogens with one attached hydrogen (secondary N) is 1. The maximum atomic E-state index is 12.4. The average molecular weight is 356 g/mol. The second kappa shape index (κ2) is 6.72. The third-order valence-electron chi connectivity index (χ3n) is 3.92. The van der Waals surface area contributed by atoms with Crippen LogP contribution in [-0.4, -0.2) is 32.2 Å². The molecule has 0 spiro atoms. The molecule has 1 aromatic heterocycles. The SMILES string of the molecule is CCCn1c(=O)sc2cc(S(=O)(=O)NC[C@H]3CCCO3)ccc21. The number of aromatic nitrogens is 1. The van der Waals surface area contributed by atoms with Gasteiger partial charge in [-0.2, -0.15) is 0 Å². The lowest BCUT2D eigenvalue weighted by Gasteiger charge is -2.11. The standard InChI is InChI=1S/C15H20N2O4S2/c1-2-7-17-13-6-5-12(9-14(13)22-15(17)18)23(19,20)16-10-11-4-3-8-21-11/h5-6,9,11,16H,2-4,7-8,10H2,1H3/t11-/m1/s1. The molecular formula is C15H20N2O4S2. The molecule has 0 aliphatic carbocycles. The fourth-order valence-corrected chi connectivity index (χ4v) is 4.86. The van der Waals surface area contributed by atoms with Gasteiger partial charge in [-0.3, -0.25) is 9.36 Å². The monoisotopic (exact) mass is 356 g/mol. The number of thiazole rings is 1. The maximum Gasteiger partial charge on any atom is 0.308 e.